The predicted octanol–water partition coefficient (Wildman–Crippen LogP) is 6.04. The molecule has 0 N–H and O–H groups in total. The topological polar surface area (TPSA) is 26.3 Å². The van der Waals surface area contributed by atoms with Crippen molar-refractivity contribution in [2.75, 3.05) is 0 Å². The van der Waals surface area contributed by atoms with Crippen molar-refractivity contribution >= 4 is 5.97 Å². The van der Waals surface area contributed by atoms with Gasteiger partial charge in [-0.05, 0) is 37.5 Å². The standard InChI is InChI=1S/C19H28F2O2/c1-3-5-7-8-9-11-16(10-6-4-2)23-19(22)17-14-15(20)12-13-18(17)21/h12-14,16H,3-11H2,1-2H3. The van der Waals surface area contributed by atoms with Crippen LogP contribution >= 0.6 is 0 Å². The minimum Gasteiger partial charge on any atom is -0.459 e. The van der Waals surface area contributed by atoms with Crippen molar-refractivity contribution in [3.05, 3.63) is 35.4 Å². The monoisotopic (exact) mass is 326 g/mol. The fraction of sp³-hybridized carbons (Fsp3) is 0.632. The molecule has 1 atom stereocenters. The molecule has 4 heteroatoms. The number of carbonyl (C=O) groups is 1. The Labute approximate surface area is 138 Å². The first kappa shape index (κ1) is 19.6. The fourth-order valence-electron chi connectivity index (χ4n) is 2.54. The third kappa shape index (κ3) is 7.58. The van der Waals surface area contributed by atoms with Crippen LogP contribution in [0, 0.1) is 11.6 Å². The molecule has 23 heavy (non-hydrogen) atoms. The Kier molecular flexibility index (Phi) is 9.49. The third-order valence-electron chi connectivity index (χ3n) is 3.93. The van der Waals surface area contributed by atoms with E-state index in [0.717, 1.165) is 56.7 Å². The first-order chi connectivity index (χ1) is 11.1. The SMILES string of the molecule is CCCCCCCC(CCCC)OC(=O)c1cc(F)ccc1F. The second-order valence-electron chi connectivity index (χ2n) is 6.00. The van der Waals surface area contributed by atoms with E-state index in [2.05, 4.69) is 13.8 Å². The molecule has 0 saturated heterocycles. The lowest BCUT2D eigenvalue weighted by atomic mass is 10.0. The number of ether oxygens (including phenoxy) is 1. The van der Waals surface area contributed by atoms with Crippen LogP contribution in [-0.2, 0) is 4.74 Å². The van der Waals surface area contributed by atoms with Crippen LogP contribution in [0.5, 0.6) is 0 Å². The molecule has 0 fully saturated rings. The summed E-state index contributed by atoms with van der Waals surface area (Å²) in [4.78, 5) is 12.1. The van der Waals surface area contributed by atoms with E-state index in [-0.39, 0.29) is 11.7 Å². The molecule has 1 unspecified atom stereocenters. The highest BCUT2D eigenvalue weighted by atomic mass is 19.1. The fourth-order valence-corrected chi connectivity index (χ4v) is 2.54. The van der Waals surface area contributed by atoms with Gasteiger partial charge in [0, 0.05) is 0 Å². The van der Waals surface area contributed by atoms with E-state index < -0.39 is 17.6 Å². The van der Waals surface area contributed by atoms with E-state index in [4.69, 9.17) is 4.74 Å². The number of halogens is 2. The molecule has 130 valence electrons. The molecule has 0 heterocycles. The lowest BCUT2D eigenvalue weighted by Gasteiger charge is -2.18. The summed E-state index contributed by atoms with van der Waals surface area (Å²) in [5.41, 5.74) is -0.322. The van der Waals surface area contributed by atoms with Gasteiger partial charge in [-0.25, -0.2) is 13.6 Å². The highest BCUT2D eigenvalue weighted by Crippen LogP contribution is 2.18. The number of hydrogen-bond acceptors (Lipinski definition) is 2. The van der Waals surface area contributed by atoms with E-state index in [0.29, 0.717) is 0 Å². The molecule has 0 saturated carbocycles. The molecule has 0 aliphatic carbocycles. The highest BCUT2D eigenvalue weighted by molar-refractivity contribution is 5.89. The molecular weight excluding hydrogens is 298 g/mol. The Morgan fingerprint density at radius 1 is 1.00 bits per heavy atom. The molecular formula is C19H28F2O2. The summed E-state index contributed by atoms with van der Waals surface area (Å²) in [6, 6.07) is 2.85. The van der Waals surface area contributed by atoms with E-state index in [1.807, 2.05) is 0 Å². The van der Waals surface area contributed by atoms with Crippen LogP contribution in [0.25, 0.3) is 0 Å². The Morgan fingerprint density at radius 2 is 1.65 bits per heavy atom. The summed E-state index contributed by atoms with van der Waals surface area (Å²) in [6.07, 6.45) is 9.00. The van der Waals surface area contributed by atoms with Gasteiger partial charge in [0.15, 0.2) is 0 Å². The number of rotatable bonds is 11. The quantitative estimate of drug-likeness (QED) is 0.366. The molecule has 0 bridgehead atoms. The Bertz CT molecular complexity index is 474. The van der Waals surface area contributed by atoms with E-state index in [1.54, 1.807) is 0 Å². The van der Waals surface area contributed by atoms with E-state index in [9.17, 15) is 13.6 Å². The molecule has 1 aromatic carbocycles. The summed E-state index contributed by atoms with van der Waals surface area (Å²) >= 11 is 0. The number of hydrogen-bond donors (Lipinski definition) is 0. The van der Waals surface area contributed by atoms with Gasteiger partial charge in [0.2, 0.25) is 0 Å². The Hall–Kier alpha value is -1.45. The predicted molar refractivity (Wildman–Crippen MR) is 88.5 cm³/mol. The first-order valence-electron chi connectivity index (χ1n) is 8.74. The third-order valence-corrected chi connectivity index (χ3v) is 3.93. The molecule has 2 nitrogen and oxygen atoms in total. The molecule has 0 radical (unpaired) electrons. The van der Waals surface area contributed by atoms with Crippen LogP contribution in [0.4, 0.5) is 8.78 Å². The Balaban J connectivity index is 2.57. The van der Waals surface area contributed by atoms with Crippen molar-refractivity contribution in [2.45, 2.75) is 77.7 Å². The first-order valence-corrected chi connectivity index (χ1v) is 8.74. The van der Waals surface area contributed by atoms with Crippen LogP contribution in [0.3, 0.4) is 0 Å². The zero-order chi connectivity index (χ0) is 17.1. The molecule has 1 aromatic rings. The van der Waals surface area contributed by atoms with Crippen LogP contribution < -0.4 is 0 Å². The average molecular weight is 326 g/mol. The minimum atomic E-state index is -0.767. The maximum absolute atomic E-state index is 13.6. The van der Waals surface area contributed by atoms with Crippen molar-refractivity contribution in [1.82, 2.24) is 0 Å². The maximum atomic E-state index is 13.6. The van der Waals surface area contributed by atoms with Crippen molar-refractivity contribution < 1.29 is 18.3 Å². The molecule has 0 aliphatic rings. The minimum absolute atomic E-state index is 0.216. The van der Waals surface area contributed by atoms with Gasteiger partial charge >= 0.3 is 5.97 Å². The van der Waals surface area contributed by atoms with Gasteiger partial charge < -0.3 is 4.74 Å². The molecule has 1 rings (SSSR count). The number of benzene rings is 1. The van der Waals surface area contributed by atoms with Gasteiger partial charge in [-0.1, -0.05) is 52.4 Å². The smallest absolute Gasteiger partial charge is 0.341 e. The zero-order valence-electron chi connectivity index (χ0n) is 14.2. The average Bonchev–Trinajstić information content (AvgIpc) is 2.54. The second-order valence-corrected chi connectivity index (χ2v) is 6.00. The van der Waals surface area contributed by atoms with Crippen LogP contribution in [0.15, 0.2) is 18.2 Å². The zero-order valence-corrected chi connectivity index (χ0v) is 14.2. The van der Waals surface area contributed by atoms with Gasteiger partial charge in [0.25, 0.3) is 0 Å². The van der Waals surface area contributed by atoms with Crippen LogP contribution in [0.2, 0.25) is 0 Å². The van der Waals surface area contributed by atoms with Crippen LogP contribution in [-0.4, -0.2) is 12.1 Å². The van der Waals surface area contributed by atoms with Crippen molar-refractivity contribution in [2.24, 2.45) is 0 Å². The largest absolute Gasteiger partial charge is 0.459 e. The second kappa shape index (κ2) is 11.1. The van der Waals surface area contributed by atoms with Gasteiger partial charge in [-0.2, -0.15) is 0 Å². The summed E-state index contributed by atoms with van der Waals surface area (Å²) in [7, 11) is 0. The van der Waals surface area contributed by atoms with Crippen LogP contribution in [0.1, 0.15) is 82.0 Å². The Morgan fingerprint density at radius 3 is 2.35 bits per heavy atom. The summed E-state index contributed by atoms with van der Waals surface area (Å²) in [6.45, 7) is 4.24. The van der Waals surface area contributed by atoms with Gasteiger partial charge in [-0.15, -0.1) is 0 Å². The molecule has 0 aromatic heterocycles. The lowest BCUT2D eigenvalue weighted by Crippen LogP contribution is -2.19. The van der Waals surface area contributed by atoms with Crippen molar-refractivity contribution in [3.8, 4) is 0 Å². The number of esters is 1. The van der Waals surface area contributed by atoms with Crippen molar-refractivity contribution in [1.29, 1.82) is 0 Å². The molecule has 0 aliphatic heterocycles. The maximum Gasteiger partial charge on any atom is 0.341 e. The van der Waals surface area contributed by atoms with E-state index >= 15 is 0 Å². The summed E-state index contributed by atoms with van der Waals surface area (Å²) in [5.74, 6) is -2.15. The lowest BCUT2D eigenvalue weighted by molar-refractivity contribution is 0.0244. The van der Waals surface area contributed by atoms with Gasteiger partial charge in [0.05, 0.1) is 5.56 Å². The van der Waals surface area contributed by atoms with Crippen molar-refractivity contribution in [3.63, 3.8) is 0 Å². The number of carbonyl (C=O) groups excluding carboxylic acids is 1. The summed E-state index contributed by atoms with van der Waals surface area (Å²) < 4.78 is 32.3. The normalized spacial score (nSPS) is 12.2. The van der Waals surface area contributed by atoms with Gasteiger partial charge in [-0.3, -0.25) is 0 Å². The number of unbranched alkanes of at least 4 members (excludes halogenated alkanes) is 5. The molecule has 0 spiro atoms. The van der Waals surface area contributed by atoms with Gasteiger partial charge in [0.1, 0.15) is 17.7 Å². The summed E-state index contributed by atoms with van der Waals surface area (Å²) in [5, 5.41) is 0. The molecule has 0 amide bonds. The van der Waals surface area contributed by atoms with E-state index in [1.165, 1.54) is 19.3 Å². The highest BCUT2D eigenvalue weighted by Gasteiger charge is 2.19.